The van der Waals surface area contributed by atoms with Crippen LogP contribution in [0.4, 0.5) is 8.78 Å². The van der Waals surface area contributed by atoms with Crippen LogP contribution in [0.15, 0.2) is 42.5 Å². The molecule has 2 aromatic carbocycles. The molecule has 1 aliphatic carbocycles. The van der Waals surface area contributed by atoms with Crippen molar-refractivity contribution in [3.8, 4) is 11.1 Å². The van der Waals surface area contributed by atoms with Crippen molar-refractivity contribution in [3.63, 3.8) is 0 Å². The Morgan fingerprint density at radius 2 is 1.84 bits per heavy atom. The molecule has 4 rings (SSSR count). The van der Waals surface area contributed by atoms with E-state index in [1.165, 1.54) is 18.2 Å². The van der Waals surface area contributed by atoms with E-state index in [9.17, 15) is 22.0 Å². The minimum absolute atomic E-state index is 0.00549. The van der Waals surface area contributed by atoms with E-state index in [-0.39, 0.29) is 35.1 Å². The highest BCUT2D eigenvalue weighted by molar-refractivity contribution is 7.89. The van der Waals surface area contributed by atoms with Crippen LogP contribution in [0.2, 0.25) is 0 Å². The number of carbonyl (C=O) groups excluding carboxylic acids is 1. The first-order valence-electron chi connectivity index (χ1n) is 10.6. The Labute approximate surface area is 181 Å². The second-order valence-corrected chi connectivity index (χ2v) is 10.3. The Balaban J connectivity index is 1.50. The summed E-state index contributed by atoms with van der Waals surface area (Å²) in [6, 6.07) is 10.6. The van der Waals surface area contributed by atoms with Crippen LogP contribution in [0.3, 0.4) is 0 Å². The number of nitrogens with one attached hydrogen (secondary N) is 1. The van der Waals surface area contributed by atoms with E-state index in [0.717, 1.165) is 12.0 Å². The minimum atomic E-state index is -3.33. The molecular weight excluding hydrogens is 422 g/mol. The molecule has 166 valence electrons. The van der Waals surface area contributed by atoms with Gasteiger partial charge in [-0.3, -0.25) is 4.79 Å². The van der Waals surface area contributed by atoms with Crippen molar-refractivity contribution in [1.29, 1.82) is 0 Å². The summed E-state index contributed by atoms with van der Waals surface area (Å²) in [4.78, 5) is 14.8. The first-order valence-corrected chi connectivity index (χ1v) is 12.3. The third-order valence-corrected chi connectivity index (χ3v) is 7.61. The summed E-state index contributed by atoms with van der Waals surface area (Å²) >= 11 is 0. The number of benzene rings is 2. The molecule has 1 saturated heterocycles. The average Bonchev–Trinajstić information content (AvgIpc) is 3.54. The maximum absolute atomic E-state index is 14.4. The van der Waals surface area contributed by atoms with Crippen LogP contribution in [0.1, 0.15) is 37.7 Å². The molecule has 1 amide bonds. The molecule has 2 aliphatic rings. The average molecular weight is 449 g/mol. The molecule has 8 heteroatoms. The Bertz CT molecular complexity index is 1070. The third kappa shape index (κ3) is 4.65. The van der Waals surface area contributed by atoms with E-state index >= 15 is 0 Å². The standard InChI is InChI=1S/C23H26F2N2O3S/c1-2-31(29,30)26-15-7-6-12-27(14-15)23(28)19-13-18(19)16-8-3-4-9-17(16)22-20(24)10-5-11-21(22)25/h3-5,8-11,15,18-19,26H,2,6-7,12-14H2,1H3/t15-,18-,19+/m0/s1. The monoisotopic (exact) mass is 448 g/mol. The number of amides is 1. The van der Waals surface area contributed by atoms with Crippen molar-refractivity contribution >= 4 is 15.9 Å². The van der Waals surface area contributed by atoms with Gasteiger partial charge >= 0.3 is 0 Å². The van der Waals surface area contributed by atoms with Crippen LogP contribution in [-0.2, 0) is 14.8 Å². The fraction of sp³-hybridized carbons (Fsp3) is 0.435. The summed E-state index contributed by atoms with van der Waals surface area (Å²) in [5.74, 6) is -1.62. The largest absolute Gasteiger partial charge is 0.341 e. The zero-order chi connectivity index (χ0) is 22.2. The van der Waals surface area contributed by atoms with Gasteiger partial charge in [-0.25, -0.2) is 21.9 Å². The summed E-state index contributed by atoms with van der Waals surface area (Å²) in [7, 11) is -3.33. The van der Waals surface area contributed by atoms with E-state index in [2.05, 4.69) is 4.72 Å². The van der Waals surface area contributed by atoms with E-state index in [1.54, 1.807) is 24.0 Å². The number of carbonyl (C=O) groups is 1. The molecule has 1 N–H and O–H groups in total. The molecule has 1 aliphatic heterocycles. The smallest absolute Gasteiger partial charge is 0.226 e. The second-order valence-electron chi connectivity index (χ2n) is 8.28. The van der Waals surface area contributed by atoms with Crippen molar-refractivity contribution in [2.75, 3.05) is 18.8 Å². The predicted octanol–water partition coefficient (Wildman–Crippen LogP) is 3.67. The number of hydrogen-bond acceptors (Lipinski definition) is 3. The Kier molecular flexibility index (Phi) is 6.12. The van der Waals surface area contributed by atoms with Gasteiger partial charge in [-0.1, -0.05) is 30.3 Å². The van der Waals surface area contributed by atoms with Crippen molar-refractivity contribution in [2.24, 2.45) is 5.92 Å². The molecule has 5 nitrogen and oxygen atoms in total. The number of halogens is 2. The van der Waals surface area contributed by atoms with Gasteiger partial charge in [0.15, 0.2) is 0 Å². The lowest BCUT2D eigenvalue weighted by molar-refractivity contribution is -0.133. The summed E-state index contributed by atoms with van der Waals surface area (Å²) in [6.07, 6.45) is 2.05. The van der Waals surface area contributed by atoms with E-state index < -0.39 is 21.7 Å². The van der Waals surface area contributed by atoms with Crippen LogP contribution in [-0.4, -0.2) is 44.1 Å². The summed E-state index contributed by atoms with van der Waals surface area (Å²) in [5, 5.41) is 0. The number of piperidine rings is 1. The van der Waals surface area contributed by atoms with Gasteiger partial charge in [-0.05, 0) is 55.4 Å². The molecule has 1 heterocycles. The van der Waals surface area contributed by atoms with Gasteiger partial charge in [0.05, 0.1) is 11.3 Å². The number of nitrogens with zero attached hydrogens (tertiary/aromatic N) is 1. The van der Waals surface area contributed by atoms with Crippen LogP contribution in [0, 0.1) is 17.6 Å². The quantitative estimate of drug-likeness (QED) is 0.733. The van der Waals surface area contributed by atoms with Crippen LogP contribution < -0.4 is 4.72 Å². The van der Waals surface area contributed by atoms with Gasteiger partial charge in [0.1, 0.15) is 11.6 Å². The van der Waals surface area contributed by atoms with Gasteiger partial charge in [0.2, 0.25) is 15.9 Å². The zero-order valence-corrected chi connectivity index (χ0v) is 18.2. The lowest BCUT2D eigenvalue weighted by Gasteiger charge is -2.33. The fourth-order valence-electron chi connectivity index (χ4n) is 4.46. The first-order chi connectivity index (χ1) is 14.8. The SMILES string of the molecule is CCS(=O)(=O)N[C@H]1CCCN(C(=O)[C@@H]2C[C@H]2c2ccccc2-c2c(F)cccc2F)C1. The molecule has 3 atom stereocenters. The van der Waals surface area contributed by atoms with Gasteiger partial charge in [-0.15, -0.1) is 0 Å². The molecule has 0 aromatic heterocycles. The molecule has 31 heavy (non-hydrogen) atoms. The van der Waals surface area contributed by atoms with Crippen LogP contribution >= 0.6 is 0 Å². The highest BCUT2D eigenvalue weighted by Gasteiger charge is 2.47. The number of hydrogen-bond donors (Lipinski definition) is 1. The van der Waals surface area contributed by atoms with Gasteiger partial charge in [-0.2, -0.15) is 0 Å². The van der Waals surface area contributed by atoms with Crippen molar-refractivity contribution in [3.05, 3.63) is 59.7 Å². The van der Waals surface area contributed by atoms with E-state index in [1.807, 2.05) is 12.1 Å². The van der Waals surface area contributed by atoms with E-state index in [4.69, 9.17) is 0 Å². The Hall–Kier alpha value is -2.32. The Morgan fingerprint density at radius 3 is 2.55 bits per heavy atom. The molecule has 0 unspecified atom stereocenters. The van der Waals surface area contributed by atoms with Gasteiger partial charge in [0.25, 0.3) is 0 Å². The number of rotatable bonds is 6. The lowest BCUT2D eigenvalue weighted by Crippen LogP contribution is -2.50. The first kappa shape index (κ1) is 21.9. The van der Waals surface area contributed by atoms with Gasteiger partial charge < -0.3 is 4.90 Å². The van der Waals surface area contributed by atoms with Gasteiger partial charge in [0, 0.05) is 25.0 Å². The van der Waals surface area contributed by atoms with E-state index in [0.29, 0.717) is 31.5 Å². The highest BCUT2D eigenvalue weighted by Crippen LogP contribution is 2.51. The normalized spacial score (nSPS) is 23.6. The predicted molar refractivity (Wildman–Crippen MR) is 115 cm³/mol. The lowest BCUT2D eigenvalue weighted by atomic mass is 9.95. The molecular formula is C23H26F2N2O3S. The van der Waals surface area contributed by atoms with Crippen LogP contribution in [0.5, 0.6) is 0 Å². The molecule has 0 radical (unpaired) electrons. The molecule has 0 spiro atoms. The third-order valence-electron chi connectivity index (χ3n) is 6.16. The minimum Gasteiger partial charge on any atom is -0.341 e. The summed E-state index contributed by atoms with van der Waals surface area (Å²) in [6.45, 7) is 2.53. The number of likely N-dealkylation sites (tertiary alicyclic amines) is 1. The van der Waals surface area contributed by atoms with Crippen LogP contribution in [0.25, 0.3) is 11.1 Å². The number of sulfonamides is 1. The Morgan fingerprint density at radius 1 is 1.13 bits per heavy atom. The molecule has 0 bridgehead atoms. The maximum atomic E-state index is 14.4. The summed E-state index contributed by atoms with van der Waals surface area (Å²) < 4.78 is 55.2. The van der Waals surface area contributed by atoms with Crippen molar-refractivity contribution in [1.82, 2.24) is 9.62 Å². The molecule has 2 fully saturated rings. The van der Waals surface area contributed by atoms with Crippen molar-refractivity contribution in [2.45, 2.75) is 38.1 Å². The zero-order valence-electron chi connectivity index (χ0n) is 17.4. The maximum Gasteiger partial charge on any atom is 0.226 e. The second kappa shape index (κ2) is 8.67. The van der Waals surface area contributed by atoms with Crippen molar-refractivity contribution < 1.29 is 22.0 Å². The summed E-state index contributed by atoms with van der Waals surface area (Å²) in [5.41, 5.74) is 1.18. The molecule has 1 saturated carbocycles. The highest BCUT2D eigenvalue weighted by atomic mass is 32.2. The fourth-order valence-corrected chi connectivity index (χ4v) is 5.33. The topological polar surface area (TPSA) is 66.5 Å². The molecule has 2 aromatic rings.